The minimum atomic E-state index is -0.243. The topological polar surface area (TPSA) is 30.5 Å². The zero-order valence-corrected chi connectivity index (χ0v) is 12.9. The highest BCUT2D eigenvalue weighted by Gasteiger charge is 2.11. The number of ether oxygens (including phenoxy) is 2. The van der Waals surface area contributed by atoms with Crippen LogP contribution in [-0.4, -0.2) is 14.2 Å². The monoisotopic (exact) mass is 309 g/mol. The maximum atomic E-state index is 13.1. The Labute approximate surface area is 128 Å². The number of aryl methyl sites for hydroxylation is 1. The van der Waals surface area contributed by atoms with Crippen LogP contribution in [0.25, 0.3) is 0 Å². The van der Waals surface area contributed by atoms with Crippen LogP contribution in [0.3, 0.4) is 0 Å². The molecular formula is C16H17ClFNO2. The predicted octanol–water partition coefficient (Wildman–Crippen LogP) is 4.42. The number of nitrogens with one attached hydrogen (secondary N) is 1. The Balaban J connectivity index is 2.18. The Hall–Kier alpha value is -1.94. The molecule has 0 aliphatic carbocycles. The molecule has 0 aliphatic heterocycles. The van der Waals surface area contributed by atoms with Crippen LogP contribution < -0.4 is 14.8 Å². The van der Waals surface area contributed by atoms with Crippen molar-refractivity contribution in [2.45, 2.75) is 13.5 Å². The Bertz CT molecular complexity index is 646. The first-order valence-corrected chi connectivity index (χ1v) is 6.83. The van der Waals surface area contributed by atoms with Crippen molar-refractivity contribution in [3.8, 4) is 11.5 Å². The number of hydrogen-bond donors (Lipinski definition) is 1. The van der Waals surface area contributed by atoms with Crippen molar-refractivity contribution in [2.75, 3.05) is 19.5 Å². The maximum Gasteiger partial charge on any atom is 0.179 e. The maximum absolute atomic E-state index is 13.1. The van der Waals surface area contributed by atoms with E-state index in [1.54, 1.807) is 20.3 Å². The number of rotatable bonds is 5. The lowest BCUT2D eigenvalue weighted by atomic mass is 10.1. The van der Waals surface area contributed by atoms with E-state index in [2.05, 4.69) is 5.32 Å². The summed E-state index contributed by atoms with van der Waals surface area (Å²) in [6, 6.07) is 8.30. The number of methoxy groups -OCH3 is 2. The number of anilines is 1. The van der Waals surface area contributed by atoms with Crippen LogP contribution in [0.1, 0.15) is 11.1 Å². The Kier molecular flexibility index (Phi) is 4.91. The zero-order chi connectivity index (χ0) is 15.4. The molecular weight excluding hydrogens is 293 g/mol. The quantitative estimate of drug-likeness (QED) is 0.887. The fourth-order valence-corrected chi connectivity index (χ4v) is 2.41. The van der Waals surface area contributed by atoms with Crippen LogP contribution in [0.15, 0.2) is 30.3 Å². The van der Waals surface area contributed by atoms with E-state index in [0.717, 1.165) is 16.8 Å². The molecule has 0 unspecified atom stereocenters. The molecule has 2 rings (SSSR count). The van der Waals surface area contributed by atoms with Gasteiger partial charge in [0.05, 0.1) is 19.2 Å². The van der Waals surface area contributed by atoms with Crippen molar-refractivity contribution >= 4 is 17.3 Å². The molecule has 0 fully saturated rings. The summed E-state index contributed by atoms with van der Waals surface area (Å²) in [5.74, 6) is 0.853. The van der Waals surface area contributed by atoms with Crippen LogP contribution >= 0.6 is 11.6 Å². The van der Waals surface area contributed by atoms with Crippen LogP contribution in [0.2, 0.25) is 5.02 Å². The van der Waals surface area contributed by atoms with Gasteiger partial charge in [-0.25, -0.2) is 4.39 Å². The highest BCUT2D eigenvalue weighted by molar-refractivity contribution is 6.32. The van der Waals surface area contributed by atoms with Gasteiger partial charge in [0.1, 0.15) is 5.82 Å². The SMILES string of the molecule is COc1cc(CNc2ccc(F)cc2C)cc(Cl)c1OC. The number of hydrogen-bond acceptors (Lipinski definition) is 3. The zero-order valence-electron chi connectivity index (χ0n) is 12.2. The molecule has 3 nitrogen and oxygen atoms in total. The molecule has 112 valence electrons. The molecule has 0 aliphatic rings. The fourth-order valence-electron chi connectivity index (χ4n) is 2.10. The summed E-state index contributed by atoms with van der Waals surface area (Å²) in [5, 5.41) is 3.74. The summed E-state index contributed by atoms with van der Waals surface area (Å²) >= 11 is 6.16. The van der Waals surface area contributed by atoms with E-state index in [4.69, 9.17) is 21.1 Å². The number of benzene rings is 2. The second-order valence-corrected chi connectivity index (χ2v) is 5.03. The third-order valence-corrected chi connectivity index (χ3v) is 3.45. The summed E-state index contributed by atoms with van der Waals surface area (Å²) in [4.78, 5) is 0. The molecule has 2 aromatic carbocycles. The molecule has 0 bridgehead atoms. The average molecular weight is 310 g/mol. The van der Waals surface area contributed by atoms with Gasteiger partial charge >= 0.3 is 0 Å². The van der Waals surface area contributed by atoms with Crippen molar-refractivity contribution in [1.82, 2.24) is 0 Å². The smallest absolute Gasteiger partial charge is 0.179 e. The van der Waals surface area contributed by atoms with Gasteiger partial charge in [-0.05, 0) is 48.4 Å². The Morgan fingerprint density at radius 3 is 2.52 bits per heavy atom. The fraction of sp³-hybridized carbons (Fsp3) is 0.250. The van der Waals surface area contributed by atoms with Gasteiger partial charge < -0.3 is 14.8 Å². The summed E-state index contributed by atoms with van der Waals surface area (Å²) in [7, 11) is 3.11. The van der Waals surface area contributed by atoms with Gasteiger partial charge in [0.2, 0.25) is 0 Å². The predicted molar refractivity (Wildman–Crippen MR) is 83.0 cm³/mol. The molecule has 0 aromatic heterocycles. The molecule has 0 radical (unpaired) electrons. The van der Waals surface area contributed by atoms with Gasteiger partial charge in [-0.1, -0.05) is 11.6 Å². The normalized spacial score (nSPS) is 10.3. The second kappa shape index (κ2) is 6.68. The highest BCUT2D eigenvalue weighted by atomic mass is 35.5. The summed E-state index contributed by atoms with van der Waals surface area (Å²) < 4.78 is 23.5. The summed E-state index contributed by atoms with van der Waals surface area (Å²) in [6.07, 6.45) is 0. The minimum absolute atomic E-state index is 0.243. The molecule has 0 amide bonds. The lowest BCUT2D eigenvalue weighted by molar-refractivity contribution is 0.355. The van der Waals surface area contributed by atoms with Gasteiger partial charge in [-0.3, -0.25) is 0 Å². The molecule has 0 atom stereocenters. The largest absolute Gasteiger partial charge is 0.493 e. The first-order chi connectivity index (χ1) is 10.0. The van der Waals surface area contributed by atoms with E-state index in [1.807, 2.05) is 19.1 Å². The van der Waals surface area contributed by atoms with Gasteiger partial charge in [-0.15, -0.1) is 0 Å². The van der Waals surface area contributed by atoms with Gasteiger partial charge in [-0.2, -0.15) is 0 Å². The van der Waals surface area contributed by atoms with Crippen molar-refractivity contribution < 1.29 is 13.9 Å². The Morgan fingerprint density at radius 1 is 1.14 bits per heavy atom. The standard InChI is InChI=1S/C16H17ClFNO2/c1-10-6-12(18)4-5-14(10)19-9-11-7-13(17)16(21-3)15(8-11)20-2/h4-8,19H,9H2,1-3H3. The highest BCUT2D eigenvalue weighted by Crippen LogP contribution is 2.36. The Morgan fingerprint density at radius 2 is 1.90 bits per heavy atom. The van der Waals surface area contributed by atoms with Crippen LogP contribution in [0.5, 0.6) is 11.5 Å². The van der Waals surface area contributed by atoms with Crippen LogP contribution in [0, 0.1) is 12.7 Å². The third kappa shape index (κ3) is 3.58. The van der Waals surface area contributed by atoms with Crippen LogP contribution in [-0.2, 0) is 6.54 Å². The van der Waals surface area contributed by atoms with E-state index in [-0.39, 0.29) is 5.82 Å². The van der Waals surface area contributed by atoms with Crippen molar-refractivity contribution in [3.63, 3.8) is 0 Å². The average Bonchev–Trinajstić information content (AvgIpc) is 2.45. The van der Waals surface area contributed by atoms with E-state index < -0.39 is 0 Å². The van der Waals surface area contributed by atoms with E-state index in [1.165, 1.54) is 12.1 Å². The second-order valence-electron chi connectivity index (χ2n) is 4.63. The van der Waals surface area contributed by atoms with Gasteiger partial charge in [0.15, 0.2) is 11.5 Å². The van der Waals surface area contributed by atoms with Crippen molar-refractivity contribution in [2.24, 2.45) is 0 Å². The van der Waals surface area contributed by atoms with Crippen molar-refractivity contribution in [3.05, 3.63) is 52.3 Å². The first-order valence-electron chi connectivity index (χ1n) is 6.45. The van der Waals surface area contributed by atoms with E-state index in [0.29, 0.717) is 23.1 Å². The molecule has 2 aromatic rings. The van der Waals surface area contributed by atoms with E-state index >= 15 is 0 Å². The molecule has 1 N–H and O–H groups in total. The lowest BCUT2D eigenvalue weighted by Gasteiger charge is -2.13. The summed E-state index contributed by atoms with van der Waals surface area (Å²) in [5.41, 5.74) is 2.67. The van der Waals surface area contributed by atoms with Crippen molar-refractivity contribution in [1.29, 1.82) is 0 Å². The molecule has 21 heavy (non-hydrogen) atoms. The first kappa shape index (κ1) is 15.4. The molecule has 0 spiro atoms. The minimum Gasteiger partial charge on any atom is -0.493 e. The number of halogens is 2. The van der Waals surface area contributed by atoms with Gasteiger partial charge in [0.25, 0.3) is 0 Å². The molecule has 0 saturated heterocycles. The van der Waals surface area contributed by atoms with Gasteiger partial charge in [0, 0.05) is 12.2 Å². The van der Waals surface area contributed by atoms with E-state index in [9.17, 15) is 4.39 Å². The lowest BCUT2D eigenvalue weighted by Crippen LogP contribution is -2.02. The van der Waals surface area contributed by atoms with Crippen LogP contribution in [0.4, 0.5) is 10.1 Å². The molecule has 0 heterocycles. The third-order valence-electron chi connectivity index (χ3n) is 3.16. The molecule has 0 saturated carbocycles. The molecule has 5 heteroatoms. The summed E-state index contributed by atoms with van der Waals surface area (Å²) in [6.45, 7) is 2.40.